The number of terminal acetylenes is 1. The first-order chi connectivity index (χ1) is 4.33. The Morgan fingerprint density at radius 3 is 3.00 bits per heavy atom. The predicted octanol–water partition coefficient (Wildman–Crippen LogP) is 1.04. The Labute approximate surface area is 61.5 Å². The molecular formula is C6H8OS2. The molecule has 0 aromatic heterocycles. The van der Waals surface area contributed by atoms with Crippen molar-refractivity contribution in [2.45, 2.75) is 6.42 Å². The summed E-state index contributed by atoms with van der Waals surface area (Å²) in [5.74, 6) is 4.55. The summed E-state index contributed by atoms with van der Waals surface area (Å²) in [7, 11) is 0.818. The Balaban J connectivity index is 2.43. The van der Waals surface area contributed by atoms with Crippen LogP contribution < -0.4 is 0 Å². The first-order valence-electron chi connectivity index (χ1n) is 2.80. The van der Waals surface area contributed by atoms with Gasteiger partial charge in [-0.05, 0) is 6.42 Å². The van der Waals surface area contributed by atoms with Gasteiger partial charge in [-0.3, -0.25) is 0 Å². The van der Waals surface area contributed by atoms with Crippen LogP contribution >= 0.6 is 10.8 Å². The van der Waals surface area contributed by atoms with E-state index >= 15 is 0 Å². The highest BCUT2D eigenvalue weighted by Crippen LogP contribution is 2.22. The van der Waals surface area contributed by atoms with Crippen LogP contribution in [0.5, 0.6) is 0 Å². The molecule has 2 unspecified atom stereocenters. The van der Waals surface area contributed by atoms with E-state index in [0.29, 0.717) is 5.75 Å². The SMILES string of the molecule is C#CC1CCSS(=O)C1. The standard InChI is InChI=1S/C6H8OS2/c1-2-6-3-4-8-9(7)5-6/h1,6H,3-5H2. The molecule has 0 bridgehead atoms. The molecule has 1 fully saturated rings. The second kappa shape index (κ2) is 3.28. The van der Waals surface area contributed by atoms with E-state index < -0.39 is 9.83 Å². The summed E-state index contributed by atoms with van der Waals surface area (Å²) in [6.45, 7) is 0. The van der Waals surface area contributed by atoms with Crippen LogP contribution in [0.4, 0.5) is 0 Å². The molecule has 0 N–H and O–H groups in total. The van der Waals surface area contributed by atoms with Crippen molar-refractivity contribution in [2.24, 2.45) is 5.92 Å². The quantitative estimate of drug-likeness (QED) is 0.389. The zero-order valence-electron chi connectivity index (χ0n) is 5.00. The maximum Gasteiger partial charge on any atom is 0.0816 e. The maximum absolute atomic E-state index is 10.8. The molecule has 0 saturated carbocycles. The van der Waals surface area contributed by atoms with E-state index in [9.17, 15) is 4.21 Å². The minimum absolute atomic E-state index is 0.270. The molecule has 1 nitrogen and oxygen atoms in total. The molecule has 0 radical (unpaired) electrons. The van der Waals surface area contributed by atoms with Crippen LogP contribution in [0.15, 0.2) is 0 Å². The van der Waals surface area contributed by atoms with Crippen LogP contribution in [0.3, 0.4) is 0 Å². The van der Waals surface area contributed by atoms with Crippen molar-refractivity contribution < 1.29 is 4.21 Å². The van der Waals surface area contributed by atoms with Gasteiger partial charge in [0.1, 0.15) is 0 Å². The highest BCUT2D eigenvalue weighted by atomic mass is 33.1. The largest absolute Gasteiger partial charge is 0.248 e. The molecule has 0 amide bonds. The summed E-state index contributed by atoms with van der Waals surface area (Å²) in [5, 5.41) is 0. The zero-order chi connectivity index (χ0) is 6.69. The summed E-state index contributed by atoms with van der Waals surface area (Å²) >= 11 is 0. The van der Waals surface area contributed by atoms with E-state index in [-0.39, 0.29) is 5.92 Å². The molecule has 3 heteroatoms. The predicted molar refractivity (Wildman–Crippen MR) is 42.4 cm³/mol. The summed E-state index contributed by atoms with van der Waals surface area (Å²) in [6.07, 6.45) is 6.21. The van der Waals surface area contributed by atoms with Crippen LogP contribution in [0, 0.1) is 18.3 Å². The van der Waals surface area contributed by atoms with E-state index in [4.69, 9.17) is 6.42 Å². The minimum Gasteiger partial charge on any atom is -0.248 e. The Hall–Kier alpha value is 0.0600. The van der Waals surface area contributed by atoms with Crippen molar-refractivity contribution in [2.75, 3.05) is 11.5 Å². The fraction of sp³-hybridized carbons (Fsp3) is 0.667. The first kappa shape index (κ1) is 7.17. The third kappa shape index (κ3) is 2.04. The molecule has 0 spiro atoms. The van der Waals surface area contributed by atoms with Gasteiger partial charge in [0.25, 0.3) is 0 Å². The van der Waals surface area contributed by atoms with E-state index in [1.807, 2.05) is 0 Å². The van der Waals surface area contributed by atoms with Crippen LogP contribution in [-0.2, 0) is 9.83 Å². The van der Waals surface area contributed by atoms with Crippen LogP contribution in [0.25, 0.3) is 0 Å². The van der Waals surface area contributed by atoms with Gasteiger partial charge < -0.3 is 0 Å². The first-order valence-corrected chi connectivity index (χ1v) is 5.63. The van der Waals surface area contributed by atoms with Gasteiger partial charge in [0.15, 0.2) is 0 Å². The average Bonchev–Trinajstić information content (AvgIpc) is 1.88. The van der Waals surface area contributed by atoms with Crippen molar-refractivity contribution in [1.82, 2.24) is 0 Å². The topological polar surface area (TPSA) is 17.1 Å². The molecule has 1 saturated heterocycles. The van der Waals surface area contributed by atoms with Gasteiger partial charge in [0.05, 0.1) is 9.83 Å². The van der Waals surface area contributed by atoms with E-state index in [0.717, 1.165) is 12.2 Å². The fourth-order valence-electron chi connectivity index (χ4n) is 0.710. The summed E-state index contributed by atoms with van der Waals surface area (Å²) in [6, 6.07) is 0. The third-order valence-electron chi connectivity index (χ3n) is 1.25. The van der Waals surface area contributed by atoms with Gasteiger partial charge in [0.2, 0.25) is 0 Å². The van der Waals surface area contributed by atoms with Gasteiger partial charge in [-0.15, -0.1) is 12.3 Å². The average molecular weight is 160 g/mol. The number of hydrogen-bond acceptors (Lipinski definition) is 2. The summed E-state index contributed by atoms with van der Waals surface area (Å²) in [5.41, 5.74) is 0. The number of hydrogen-bond donors (Lipinski definition) is 0. The number of rotatable bonds is 0. The lowest BCUT2D eigenvalue weighted by molar-refractivity contribution is 0.670. The Bertz CT molecular complexity index is 159. The van der Waals surface area contributed by atoms with Gasteiger partial charge in [-0.1, -0.05) is 10.8 Å². The van der Waals surface area contributed by atoms with Crippen LogP contribution in [0.1, 0.15) is 6.42 Å². The normalized spacial score (nSPS) is 35.4. The fourth-order valence-corrected chi connectivity index (χ4v) is 3.59. The molecule has 2 atom stereocenters. The van der Waals surface area contributed by atoms with Gasteiger partial charge in [-0.25, -0.2) is 4.21 Å². The molecule has 0 aliphatic carbocycles. The molecule has 9 heavy (non-hydrogen) atoms. The van der Waals surface area contributed by atoms with Crippen molar-refractivity contribution in [3.63, 3.8) is 0 Å². The Morgan fingerprint density at radius 2 is 2.56 bits per heavy atom. The van der Waals surface area contributed by atoms with Crippen molar-refractivity contribution in [3.05, 3.63) is 0 Å². The molecule has 0 aromatic rings. The molecular weight excluding hydrogens is 152 g/mol. The lowest BCUT2D eigenvalue weighted by Crippen LogP contribution is -2.13. The Kier molecular flexibility index (Phi) is 2.62. The smallest absolute Gasteiger partial charge is 0.0816 e. The van der Waals surface area contributed by atoms with E-state index in [1.165, 1.54) is 10.8 Å². The second-order valence-electron chi connectivity index (χ2n) is 1.94. The zero-order valence-corrected chi connectivity index (χ0v) is 6.63. The molecule has 1 rings (SSSR count). The van der Waals surface area contributed by atoms with Crippen LogP contribution in [-0.4, -0.2) is 15.7 Å². The summed E-state index contributed by atoms with van der Waals surface area (Å²) in [4.78, 5) is 0. The lowest BCUT2D eigenvalue weighted by atomic mass is 10.1. The van der Waals surface area contributed by atoms with Gasteiger partial charge in [-0.2, -0.15) is 0 Å². The molecule has 1 heterocycles. The molecule has 50 valence electrons. The molecule has 0 aromatic carbocycles. The maximum atomic E-state index is 10.8. The van der Waals surface area contributed by atoms with Crippen molar-refractivity contribution >= 4 is 20.6 Å². The lowest BCUT2D eigenvalue weighted by Gasteiger charge is -2.14. The van der Waals surface area contributed by atoms with Gasteiger partial charge in [0, 0.05) is 17.4 Å². The third-order valence-corrected chi connectivity index (χ3v) is 4.29. The van der Waals surface area contributed by atoms with Crippen molar-refractivity contribution in [1.29, 1.82) is 0 Å². The van der Waals surface area contributed by atoms with Crippen LogP contribution in [0.2, 0.25) is 0 Å². The highest BCUT2D eigenvalue weighted by molar-refractivity contribution is 8.69. The van der Waals surface area contributed by atoms with Crippen molar-refractivity contribution in [3.8, 4) is 12.3 Å². The van der Waals surface area contributed by atoms with E-state index in [2.05, 4.69) is 5.92 Å². The second-order valence-corrected chi connectivity index (χ2v) is 5.35. The highest BCUT2D eigenvalue weighted by Gasteiger charge is 2.16. The minimum atomic E-state index is -0.696. The van der Waals surface area contributed by atoms with Gasteiger partial charge >= 0.3 is 0 Å². The molecule has 1 aliphatic heterocycles. The monoisotopic (exact) mass is 160 g/mol. The molecule has 1 aliphatic rings. The summed E-state index contributed by atoms with van der Waals surface area (Å²) < 4.78 is 10.8. The van der Waals surface area contributed by atoms with E-state index in [1.54, 1.807) is 0 Å². The Morgan fingerprint density at radius 1 is 1.78 bits per heavy atom.